The third kappa shape index (κ3) is 6.71. The summed E-state index contributed by atoms with van der Waals surface area (Å²) in [5, 5.41) is 2.56. The van der Waals surface area contributed by atoms with Crippen LogP contribution in [0.1, 0.15) is 34.1 Å². The quantitative estimate of drug-likeness (QED) is 0.555. The molecule has 0 saturated carbocycles. The van der Waals surface area contributed by atoms with Crippen LogP contribution < -0.4 is 5.32 Å². The highest BCUT2D eigenvalue weighted by atomic mass is 16.5. The molecule has 0 rings (SSSR count). The van der Waals surface area contributed by atoms with Gasteiger partial charge in [-0.3, -0.25) is 4.79 Å². The monoisotopic (exact) mass is 213 g/mol. The van der Waals surface area contributed by atoms with Gasteiger partial charge in [0, 0.05) is 6.92 Å². The van der Waals surface area contributed by atoms with E-state index in [4.69, 9.17) is 4.74 Å². The van der Waals surface area contributed by atoms with Gasteiger partial charge in [-0.2, -0.15) is 0 Å². The molecule has 0 aromatic rings. The Kier molecular flexibility index (Phi) is 6.42. The van der Waals surface area contributed by atoms with E-state index in [2.05, 4.69) is 5.32 Å². The second-order valence-electron chi connectivity index (χ2n) is 3.52. The molecule has 0 heterocycles. The van der Waals surface area contributed by atoms with Gasteiger partial charge in [-0.25, -0.2) is 4.79 Å². The molecule has 0 fully saturated rings. The van der Waals surface area contributed by atoms with Gasteiger partial charge in [0.05, 0.1) is 6.61 Å². The summed E-state index contributed by atoms with van der Waals surface area (Å²) in [6.45, 7) is 7.33. The summed E-state index contributed by atoms with van der Waals surface area (Å²) in [6, 6.07) is -0.572. The predicted octanol–water partition coefficient (Wildman–Crippen LogP) is 1.41. The summed E-state index contributed by atoms with van der Waals surface area (Å²) in [6.07, 6.45) is 2.37. The van der Waals surface area contributed by atoms with Crippen molar-refractivity contribution >= 4 is 11.9 Å². The van der Waals surface area contributed by atoms with E-state index in [1.54, 1.807) is 6.92 Å². The summed E-state index contributed by atoms with van der Waals surface area (Å²) in [5.41, 5.74) is 1.11. The molecule has 0 aliphatic rings. The van der Waals surface area contributed by atoms with E-state index in [9.17, 15) is 9.59 Å². The van der Waals surface area contributed by atoms with Gasteiger partial charge < -0.3 is 10.1 Å². The predicted molar refractivity (Wildman–Crippen MR) is 58.3 cm³/mol. The van der Waals surface area contributed by atoms with Gasteiger partial charge in [0.25, 0.3) is 0 Å². The van der Waals surface area contributed by atoms with Gasteiger partial charge in [-0.05, 0) is 27.2 Å². The number of carbonyl (C=O) groups excluding carboxylic acids is 2. The zero-order chi connectivity index (χ0) is 11.8. The molecular formula is C11H19NO3. The van der Waals surface area contributed by atoms with E-state index >= 15 is 0 Å². The fourth-order valence-electron chi connectivity index (χ4n) is 1.06. The Balaban J connectivity index is 4.36. The zero-order valence-electron chi connectivity index (χ0n) is 9.79. The second-order valence-corrected chi connectivity index (χ2v) is 3.52. The van der Waals surface area contributed by atoms with Gasteiger partial charge in [0.2, 0.25) is 5.91 Å². The number of allylic oxidation sites excluding steroid dienone is 1. The molecule has 0 aromatic heterocycles. The summed E-state index contributed by atoms with van der Waals surface area (Å²) < 4.78 is 4.85. The summed E-state index contributed by atoms with van der Waals surface area (Å²) >= 11 is 0. The first-order valence-electron chi connectivity index (χ1n) is 5.04. The van der Waals surface area contributed by atoms with Crippen molar-refractivity contribution in [3.63, 3.8) is 0 Å². The molecule has 15 heavy (non-hydrogen) atoms. The first-order chi connectivity index (χ1) is 6.97. The SMILES string of the molecule is CCOC(=O)C(CC=C(C)C)NC(C)=O. The van der Waals surface area contributed by atoms with Crippen molar-refractivity contribution in [2.75, 3.05) is 6.61 Å². The van der Waals surface area contributed by atoms with E-state index in [0.29, 0.717) is 13.0 Å². The van der Waals surface area contributed by atoms with Crippen molar-refractivity contribution in [2.45, 2.75) is 40.2 Å². The Labute approximate surface area is 90.7 Å². The molecule has 0 aliphatic heterocycles. The van der Waals surface area contributed by atoms with Crippen molar-refractivity contribution in [3.05, 3.63) is 11.6 Å². The highest BCUT2D eigenvalue weighted by Crippen LogP contribution is 2.01. The van der Waals surface area contributed by atoms with Crippen LogP contribution >= 0.6 is 0 Å². The molecule has 0 spiro atoms. The average Bonchev–Trinajstić information content (AvgIpc) is 2.11. The number of ether oxygens (including phenoxy) is 1. The van der Waals surface area contributed by atoms with Crippen LogP contribution in [-0.2, 0) is 14.3 Å². The molecule has 1 atom stereocenters. The lowest BCUT2D eigenvalue weighted by atomic mass is 10.1. The van der Waals surface area contributed by atoms with E-state index < -0.39 is 6.04 Å². The van der Waals surface area contributed by atoms with Crippen LogP contribution in [-0.4, -0.2) is 24.5 Å². The minimum absolute atomic E-state index is 0.227. The average molecular weight is 213 g/mol. The molecule has 0 aliphatic carbocycles. The highest BCUT2D eigenvalue weighted by molar-refractivity contribution is 5.83. The van der Waals surface area contributed by atoms with Gasteiger partial charge in [-0.15, -0.1) is 0 Å². The minimum Gasteiger partial charge on any atom is -0.464 e. The van der Waals surface area contributed by atoms with Crippen LogP contribution in [0.15, 0.2) is 11.6 Å². The van der Waals surface area contributed by atoms with Crippen LogP contribution in [0.5, 0.6) is 0 Å². The molecule has 86 valence electrons. The van der Waals surface area contributed by atoms with Crippen molar-refractivity contribution < 1.29 is 14.3 Å². The molecule has 4 heteroatoms. The third-order valence-electron chi connectivity index (χ3n) is 1.71. The van der Waals surface area contributed by atoms with Gasteiger partial charge in [0.15, 0.2) is 0 Å². The second kappa shape index (κ2) is 7.04. The molecule has 1 amide bonds. The zero-order valence-corrected chi connectivity index (χ0v) is 9.79. The standard InChI is InChI=1S/C11H19NO3/c1-5-15-11(14)10(12-9(4)13)7-6-8(2)3/h6,10H,5,7H2,1-4H3,(H,12,13). The molecule has 1 unspecified atom stereocenters. The largest absolute Gasteiger partial charge is 0.464 e. The molecular weight excluding hydrogens is 194 g/mol. The molecule has 0 radical (unpaired) electrons. The number of amides is 1. The molecule has 4 nitrogen and oxygen atoms in total. The van der Waals surface area contributed by atoms with Crippen LogP contribution in [0.2, 0.25) is 0 Å². The lowest BCUT2D eigenvalue weighted by Gasteiger charge is -2.14. The van der Waals surface area contributed by atoms with Gasteiger partial charge in [0.1, 0.15) is 6.04 Å². The number of carbonyl (C=O) groups is 2. The first kappa shape index (κ1) is 13.7. The minimum atomic E-state index is -0.572. The molecule has 0 aromatic carbocycles. The van der Waals surface area contributed by atoms with Gasteiger partial charge in [-0.1, -0.05) is 11.6 Å². The smallest absolute Gasteiger partial charge is 0.328 e. The fourth-order valence-corrected chi connectivity index (χ4v) is 1.06. The lowest BCUT2D eigenvalue weighted by Crippen LogP contribution is -2.40. The highest BCUT2D eigenvalue weighted by Gasteiger charge is 2.18. The Hall–Kier alpha value is -1.32. The van der Waals surface area contributed by atoms with Crippen molar-refractivity contribution in [1.29, 1.82) is 0 Å². The van der Waals surface area contributed by atoms with Gasteiger partial charge >= 0.3 is 5.97 Å². The molecule has 0 bridgehead atoms. The van der Waals surface area contributed by atoms with Crippen LogP contribution in [0, 0.1) is 0 Å². The Morgan fingerprint density at radius 1 is 1.33 bits per heavy atom. The maximum absolute atomic E-state index is 11.4. The molecule has 0 saturated heterocycles. The fraction of sp³-hybridized carbons (Fsp3) is 0.636. The summed E-state index contributed by atoms with van der Waals surface area (Å²) in [4.78, 5) is 22.3. The maximum atomic E-state index is 11.4. The Morgan fingerprint density at radius 2 is 1.93 bits per heavy atom. The third-order valence-corrected chi connectivity index (χ3v) is 1.71. The number of hydrogen-bond acceptors (Lipinski definition) is 3. The Bertz CT molecular complexity index is 255. The van der Waals surface area contributed by atoms with E-state index in [-0.39, 0.29) is 11.9 Å². The van der Waals surface area contributed by atoms with Crippen molar-refractivity contribution in [3.8, 4) is 0 Å². The lowest BCUT2D eigenvalue weighted by molar-refractivity contribution is -0.147. The van der Waals surface area contributed by atoms with Crippen molar-refractivity contribution in [2.24, 2.45) is 0 Å². The Morgan fingerprint density at radius 3 is 2.33 bits per heavy atom. The van der Waals surface area contributed by atoms with Crippen LogP contribution in [0.25, 0.3) is 0 Å². The summed E-state index contributed by atoms with van der Waals surface area (Å²) in [7, 11) is 0. The maximum Gasteiger partial charge on any atom is 0.328 e. The topological polar surface area (TPSA) is 55.4 Å². The number of nitrogens with one attached hydrogen (secondary N) is 1. The van der Waals surface area contributed by atoms with E-state index in [1.807, 2.05) is 19.9 Å². The van der Waals surface area contributed by atoms with Crippen molar-refractivity contribution in [1.82, 2.24) is 5.32 Å². The number of esters is 1. The number of hydrogen-bond donors (Lipinski definition) is 1. The molecule has 1 N–H and O–H groups in total. The summed E-state index contributed by atoms with van der Waals surface area (Å²) in [5.74, 6) is -0.611. The van der Waals surface area contributed by atoms with E-state index in [0.717, 1.165) is 5.57 Å². The van der Waals surface area contributed by atoms with Crippen LogP contribution in [0.4, 0.5) is 0 Å². The first-order valence-corrected chi connectivity index (χ1v) is 5.04. The van der Waals surface area contributed by atoms with E-state index in [1.165, 1.54) is 6.92 Å². The normalized spacial score (nSPS) is 11.5. The van der Waals surface area contributed by atoms with Crippen LogP contribution in [0.3, 0.4) is 0 Å². The number of rotatable bonds is 5.